The normalized spacial score (nSPS) is 14.9. The second kappa shape index (κ2) is 10.6. The molecule has 34 heavy (non-hydrogen) atoms. The zero-order valence-corrected chi connectivity index (χ0v) is 20.0. The van der Waals surface area contributed by atoms with Gasteiger partial charge in [0.15, 0.2) is 11.5 Å². The number of carbonyl (C=O) groups is 1. The molecule has 0 amide bonds. The summed E-state index contributed by atoms with van der Waals surface area (Å²) in [4.78, 5) is 13.0. The number of nitrogens with one attached hydrogen (secondary N) is 1. The fourth-order valence-electron chi connectivity index (χ4n) is 3.68. The first-order chi connectivity index (χ1) is 16.5. The number of esters is 1. The van der Waals surface area contributed by atoms with Crippen molar-refractivity contribution in [1.29, 1.82) is 0 Å². The van der Waals surface area contributed by atoms with Gasteiger partial charge in [-0.05, 0) is 66.1 Å². The van der Waals surface area contributed by atoms with Crippen molar-refractivity contribution in [1.82, 2.24) is 20.2 Å². The number of fused-ring (bicyclic) bond motifs is 1. The minimum absolute atomic E-state index is 0.326. The van der Waals surface area contributed by atoms with Crippen molar-refractivity contribution in [2.75, 3.05) is 18.5 Å². The first-order valence-corrected chi connectivity index (χ1v) is 11.5. The van der Waals surface area contributed by atoms with Gasteiger partial charge >= 0.3 is 5.97 Å². The van der Waals surface area contributed by atoms with Gasteiger partial charge in [-0.3, -0.25) is 0 Å². The first-order valence-electron chi connectivity index (χ1n) is 11.1. The van der Waals surface area contributed by atoms with Crippen LogP contribution in [-0.2, 0) is 16.1 Å². The molecule has 0 radical (unpaired) electrons. The number of hydrogen-bond acceptors (Lipinski definition) is 8. The van der Waals surface area contributed by atoms with Crippen LogP contribution in [0, 0.1) is 0 Å². The van der Waals surface area contributed by atoms with Crippen LogP contribution >= 0.6 is 11.6 Å². The van der Waals surface area contributed by atoms with E-state index in [2.05, 4.69) is 20.8 Å². The zero-order chi connectivity index (χ0) is 24.1. The van der Waals surface area contributed by atoms with Gasteiger partial charge in [0.05, 0.1) is 18.8 Å². The monoisotopic (exact) mass is 483 g/mol. The highest BCUT2D eigenvalue weighted by atomic mass is 35.5. The SMILES string of the molecule is CCCOC(=O)C1=C(C)Nc2nnnn2C1c1ccc(OCc2ccc(Cl)cc2)c(OCC)c1. The summed E-state index contributed by atoms with van der Waals surface area (Å²) in [6, 6.07) is 12.4. The van der Waals surface area contributed by atoms with E-state index in [0.717, 1.165) is 17.5 Å². The Bertz CT molecular complexity index is 1190. The largest absolute Gasteiger partial charge is 0.490 e. The second-order valence-electron chi connectivity index (χ2n) is 7.70. The van der Waals surface area contributed by atoms with Crippen LogP contribution in [0.5, 0.6) is 11.5 Å². The molecule has 1 aromatic heterocycles. The van der Waals surface area contributed by atoms with E-state index >= 15 is 0 Å². The Morgan fingerprint density at radius 3 is 2.65 bits per heavy atom. The lowest BCUT2D eigenvalue weighted by atomic mass is 9.95. The van der Waals surface area contributed by atoms with Gasteiger partial charge in [0.1, 0.15) is 12.6 Å². The Hall–Kier alpha value is -3.59. The average Bonchev–Trinajstić information content (AvgIpc) is 3.30. The van der Waals surface area contributed by atoms with E-state index in [1.165, 1.54) is 0 Å². The van der Waals surface area contributed by atoms with Crippen LogP contribution in [0.2, 0.25) is 5.02 Å². The van der Waals surface area contributed by atoms with E-state index < -0.39 is 12.0 Å². The van der Waals surface area contributed by atoms with Crippen molar-refractivity contribution in [2.45, 2.75) is 39.8 Å². The van der Waals surface area contributed by atoms with Crippen LogP contribution in [0.1, 0.15) is 44.4 Å². The smallest absolute Gasteiger partial charge is 0.338 e. The van der Waals surface area contributed by atoms with Gasteiger partial charge < -0.3 is 19.5 Å². The molecular formula is C24H26ClN5O4. The highest BCUT2D eigenvalue weighted by molar-refractivity contribution is 6.30. The Kier molecular flexibility index (Phi) is 7.32. The third kappa shape index (κ3) is 4.99. The van der Waals surface area contributed by atoms with Crippen molar-refractivity contribution >= 4 is 23.5 Å². The lowest BCUT2D eigenvalue weighted by Crippen LogP contribution is -2.29. The maximum Gasteiger partial charge on any atom is 0.338 e. The van der Waals surface area contributed by atoms with E-state index in [0.29, 0.717) is 53.6 Å². The number of carbonyl (C=O) groups excluding carboxylic acids is 1. The minimum atomic E-state index is -0.583. The topological polar surface area (TPSA) is 100 Å². The predicted molar refractivity (Wildman–Crippen MR) is 127 cm³/mol. The molecule has 1 atom stereocenters. The van der Waals surface area contributed by atoms with Gasteiger partial charge in [-0.15, -0.1) is 0 Å². The van der Waals surface area contributed by atoms with E-state index in [1.54, 1.807) is 11.6 Å². The van der Waals surface area contributed by atoms with Crippen LogP contribution in [0.15, 0.2) is 53.7 Å². The standard InChI is InChI=1S/C24H26ClN5O4/c1-4-12-33-23(31)21-15(3)26-24-27-28-29-30(24)22(21)17-8-11-19(20(13-17)32-5-2)34-14-16-6-9-18(25)10-7-16/h6-11,13,22H,4-5,12,14H2,1-3H3,(H,26,27,29). The molecule has 1 aliphatic heterocycles. The maximum absolute atomic E-state index is 13.0. The van der Waals surface area contributed by atoms with Gasteiger partial charge in [0.25, 0.3) is 0 Å². The number of nitrogens with zero attached hydrogens (tertiary/aromatic N) is 4. The van der Waals surface area contributed by atoms with Crippen molar-refractivity contribution in [3.63, 3.8) is 0 Å². The van der Waals surface area contributed by atoms with E-state index in [4.69, 9.17) is 25.8 Å². The number of hydrogen-bond donors (Lipinski definition) is 1. The molecule has 0 bridgehead atoms. The molecule has 10 heteroatoms. The highest BCUT2D eigenvalue weighted by Gasteiger charge is 2.35. The summed E-state index contributed by atoms with van der Waals surface area (Å²) < 4.78 is 18.9. The number of benzene rings is 2. The summed E-state index contributed by atoms with van der Waals surface area (Å²) in [7, 11) is 0. The quantitative estimate of drug-likeness (QED) is 0.442. The zero-order valence-electron chi connectivity index (χ0n) is 19.2. The first kappa shape index (κ1) is 23.6. The molecule has 0 saturated carbocycles. The Morgan fingerprint density at radius 1 is 1.12 bits per heavy atom. The van der Waals surface area contributed by atoms with Gasteiger partial charge in [-0.2, -0.15) is 4.68 Å². The fraction of sp³-hybridized carbons (Fsp3) is 0.333. The molecule has 2 heterocycles. The Labute approximate surface area is 202 Å². The van der Waals surface area contributed by atoms with Crippen LogP contribution in [0.3, 0.4) is 0 Å². The van der Waals surface area contributed by atoms with Gasteiger partial charge in [-0.25, -0.2) is 4.79 Å². The summed E-state index contributed by atoms with van der Waals surface area (Å²) >= 11 is 5.97. The number of anilines is 1. The molecule has 2 aromatic carbocycles. The number of ether oxygens (including phenoxy) is 3. The summed E-state index contributed by atoms with van der Waals surface area (Å²) in [5, 5.41) is 15.7. The Balaban J connectivity index is 1.68. The van der Waals surface area contributed by atoms with Gasteiger partial charge in [0, 0.05) is 10.7 Å². The summed E-state index contributed by atoms with van der Waals surface area (Å²) in [5.74, 6) is 1.16. The van der Waals surface area contributed by atoms with E-state index in [9.17, 15) is 4.79 Å². The van der Waals surface area contributed by atoms with Crippen molar-refractivity contribution in [3.8, 4) is 11.5 Å². The maximum atomic E-state index is 13.0. The molecule has 3 aromatic rings. The van der Waals surface area contributed by atoms with Crippen LogP contribution in [0.25, 0.3) is 0 Å². The molecule has 1 aliphatic rings. The third-order valence-corrected chi connectivity index (χ3v) is 5.51. The Morgan fingerprint density at radius 2 is 1.91 bits per heavy atom. The summed E-state index contributed by atoms with van der Waals surface area (Å²) in [5.41, 5.74) is 2.81. The molecular weight excluding hydrogens is 458 g/mol. The molecule has 1 N–H and O–H groups in total. The van der Waals surface area contributed by atoms with E-state index in [-0.39, 0.29) is 0 Å². The van der Waals surface area contributed by atoms with Crippen LogP contribution < -0.4 is 14.8 Å². The van der Waals surface area contributed by atoms with Gasteiger partial charge in [0.2, 0.25) is 5.95 Å². The van der Waals surface area contributed by atoms with Gasteiger partial charge in [-0.1, -0.05) is 41.8 Å². The molecule has 0 saturated heterocycles. The molecule has 4 rings (SSSR count). The van der Waals surface area contributed by atoms with Crippen molar-refractivity contribution < 1.29 is 19.0 Å². The molecule has 0 fully saturated rings. The molecule has 9 nitrogen and oxygen atoms in total. The highest BCUT2D eigenvalue weighted by Crippen LogP contribution is 2.39. The number of aromatic nitrogens is 4. The fourth-order valence-corrected chi connectivity index (χ4v) is 3.81. The minimum Gasteiger partial charge on any atom is -0.490 e. The van der Waals surface area contributed by atoms with Crippen LogP contribution in [0.4, 0.5) is 5.95 Å². The lowest BCUT2D eigenvalue weighted by molar-refractivity contribution is -0.139. The number of tetrazole rings is 1. The number of halogens is 1. The lowest BCUT2D eigenvalue weighted by Gasteiger charge is -2.28. The number of allylic oxidation sites excluding steroid dienone is 1. The van der Waals surface area contributed by atoms with Crippen molar-refractivity contribution in [3.05, 3.63) is 69.9 Å². The summed E-state index contributed by atoms with van der Waals surface area (Å²) in [6.07, 6.45) is 0.723. The molecule has 1 unspecified atom stereocenters. The van der Waals surface area contributed by atoms with E-state index in [1.807, 2.05) is 56.3 Å². The molecule has 0 aliphatic carbocycles. The molecule has 178 valence electrons. The number of rotatable bonds is 9. The van der Waals surface area contributed by atoms with Crippen LogP contribution in [-0.4, -0.2) is 39.4 Å². The average molecular weight is 484 g/mol. The molecule has 0 spiro atoms. The second-order valence-corrected chi connectivity index (χ2v) is 8.14. The van der Waals surface area contributed by atoms with Crippen molar-refractivity contribution in [2.24, 2.45) is 0 Å². The third-order valence-electron chi connectivity index (χ3n) is 5.26. The summed E-state index contributed by atoms with van der Waals surface area (Å²) in [6.45, 7) is 6.78. The predicted octanol–water partition coefficient (Wildman–Crippen LogP) is 4.55.